The second-order valence-corrected chi connectivity index (χ2v) is 6.73. The van der Waals surface area contributed by atoms with Crippen LogP contribution in [0.25, 0.3) is 11.4 Å². The molecule has 0 unspecified atom stereocenters. The van der Waals surface area contributed by atoms with Gasteiger partial charge < -0.3 is 9.31 Å². The molecule has 5 nitrogen and oxygen atoms in total. The monoisotopic (exact) mass is 339 g/mol. The van der Waals surface area contributed by atoms with Crippen LogP contribution in [-0.2, 0) is 15.5 Å². The maximum Gasteiger partial charge on any atom is 0.496 e. The second kappa shape index (κ2) is 5.32. The lowest BCUT2D eigenvalue weighted by Gasteiger charge is -2.32. The first kappa shape index (κ1) is 17.0. The summed E-state index contributed by atoms with van der Waals surface area (Å²) >= 11 is 0. The number of hydrogen-bond acceptors (Lipinski definition) is 4. The number of rotatable bonds is 2. The first-order chi connectivity index (χ1) is 11.0. The molecule has 2 aromatic heterocycles. The number of aromatic amines is 1. The summed E-state index contributed by atoms with van der Waals surface area (Å²) in [5, 5.41) is 5.63. The van der Waals surface area contributed by atoms with Gasteiger partial charge in [0.2, 0.25) is 0 Å². The van der Waals surface area contributed by atoms with Crippen LogP contribution in [0.15, 0.2) is 24.4 Å². The summed E-state index contributed by atoms with van der Waals surface area (Å²) < 4.78 is 49.6. The Morgan fingerprint density at radius 2 is 1.67 bits per heavy atom. The van der Waals surface area contributed by atoms with Gasteiger partial charge in [-0.1, -0.05) is 6.07 Å². The SMILES string of the molecule is CC1(C)OB(c2ccc(-c3cc(C(F)(F)F)[nH]n3)nc2)OC1(C)C. The Bertz CT molecular complexity index is 725. The zero-order valence-corrected chi connectivity index (χ0v) is 13.7. The third-order valence-electron chi connectivity index (χ3n) is 4.46. The van der Waals surface area contributed by atoms with Crippen LogP contribution in [0, 0.1) is 0 Å². The van der Waals surface area contributed by atoms with Gasteiger partial charge in [0.1, 0.15) is 11.4 Å². The van der Waals surface area contributed by atoms with Gasteiger partial charge in [-0.3, -0.25) is 10.1 Å². The molecule has 1 saturated heterocycles. The second-order valence-electron chi connectivity index (χ2n) is 6.73. The number of H-pyrrole nitrogens is 1. The maximum atomic E-state index is 12.6. The Labute approximate surface area is 137 Å². The maximum absolute atomic E-state index is 12.6. The number of hydrogen-bond donors (Lipinski definition) is 1. The van der Waals surface area contributed by atoms with Gasteiger partial charge in [0, 0.05) is 11.7 Å². The highest BCUT2D eigenvalue weighted by molar-refractivity contribution is 6.62. The number of pyridine rings is 1. The van der Waals surface area contributed by atoms with Gasteiger partial charge in [0.15, 0.2) is 0 Å². The van der Waals surface area contributed by atoms with Crippen LogP contribution in [-0.4, -0.2) is 33.5 Å². The summed E-state index contributed by atoms with van der Waals surface area (Å²) in [5.41, 5.74) is -0.691. The molecule has 0 spiro atoms. The lowest BCUT2D eigenvalue weighted by Crippen LogP contribution is -2.41. The molecular weight excluding hydrogens is 322 g/mol. The first-order valence-electron chi connectivity index (χ1n) is 7.44. The molecule has 2 aromatic rings. The highest BCUT2D eigenvalue weighted by Gasteiger charge is 2.51. The van der Waals surface area contributed by atoms with Gasteiger partial charge in [0.05, 0.1) is 16.9 Å². The van der Waals surface area contributed by atoms with Gasteiger partial charge in [-0.2, -0.15) is 18.3 Å². The van der Waals surface area contributed by atoms with E-state index in [1.165, 1.54) is 6.20 Å². The van der Waals surface area contributed by atoms with Crippen molar-refractivity contribution in [3.8, 4) is 11.4 Å². The standard InChI is InChI=1S/C15H17BF3N3O2/c1-13(2)14(3,4)24-16(23-13)9-5-6-10(20-8-9)11-7-12(22-21-11)15(17,18)19/h5-8H,1-4H3,(H,21,22). The van der Waals surface area contributed by atoms with Gasteiger partial charge in [-0.15, -0.1) is 0 Å². The summed E-state index contributed by atoms with van der Waals surface area (Å²) in [6.07, 6.45) is -2.94. The lowest BCUT2D eigenvalue weighted by atomic mass is 9.80. The fourth-order valence-electron chi connectivity index (χ4n) is 2.27. The first-order valence-corrected chi connectivity index (χ1v) is 7.44. The zero-order chi connectivity index (χ0) is 17.8. The van der Waals surface area contributed by atoms with Crippen molar-refractivity contribution < 1.29 is 22.5 Å². The van der Waals surface area contributed by atoms with Gasteiger partial charge in [-0.25, -0.2) is 0 Å². The molecule has 0 aliphatic carbocycles. The molecule has 0 bridgehead atoms. The molecule has 1 aliphatic heterocycles. The molecule has 1 aliphatic rings. The Hall–Kier alpha value is -1.87. The van der Waals surface area contributed by atoms with Crippen molar-refractivity contribution in [2.75, 3.05) is 0 Å². The molecule has 0 amide bonds. The largest absolute Gasteiger partial charge is 0.496 e. The lowest BCUT2D eigenvalue weighted by molar-refractivity contribution is -0.141. The van der Waals surface area contributed by atoms with Crippen LogP contribution in [0.1, 0.15) is 33.4 Å². The van der Waals surface area contributed by atoms with Crippen LogP contribution in [0.5, 0.6) is 0 Å². The summed E-state index contributed by atoms with van der Waals surface area (Å²) in [4.78, 5) is 4.17. The number of nitrogens with zero attached hydrogens (tertiary/aromatic N) is 2. The van der Waals surface area contributed by atoms with Crippen molar-refractivity contribution in [1.29, 1.82) is 0 Å². The predicted molar refractivity (Wildman–Crippen MR) is 82.5 cm³/mol. The highest BCUT2D eigenvalue weighted by Crippen LogP contribution is 2.36. The van der Waals surface area contributed by atoms with E-state index in [9.17, 15) is 13.2 Å². The van der Waals surface area contributed by atoms with Crippen molar-refractivity contribution in [3.63, 3.8) is 0 Å². The molecule has 9 heteroatoms. The topological polar surface area (TPSA) is 60.0 Å². The van der Waals surface area contributed by atoms with E-state index in [0.29, 0.717) is 11.2 Å². The molecule has 1 N–H and O–H groups in total. The summed E-state index contributed by atoms with van der Waals surface area (Å²) in [6.45, 7) is 7.77. The molecule has 128 valence electrons. The minimum absolute atomic E-state index is 0.128. The molecule has 1 fully saturated rings. The fraction of sp³-hybridized carbons (Fsp3) is 0.467. The van der Waals surface area contributed by atoms with Crippen molar-refractivity contribution in [1.82, 2.24) is 15.2 Å². The van der Waals surface area contributed by atoms with E-state index in [1.54, 1.807) is 12.1 Å². The van der Waals surface area contributed by atoms with E-state index in [4.69, 9.17) is 9.31 Å². The molecule has 3 heterocycles. The quantitative estimate of drug-likeness (QED) is 0.855. The Kier molecular flexibility index (Phi) is 3.76. The zero-order valence-electron chi connectivity index (χ0n) is 13.7. The number of alkyl halides is 3. The van der Waals surface area contributed by atoms with E-state index in [-0.39, 0.29) is 5.69 Å². The van der Waals surface area contributed by atoms with Gasteiger partial charge >= 0.3 is 13.3 Å². The normalized spacial score (nSPS) is 19.7. The Morgan fingerprint density at radius 1 is 1.04 bits per heavy atom. The van der Waals surface area contributed by atoms with Crippen LogP contribution < -0.4 is 5.46 Å². The van der Waals surface area contributed by atoms with Crippen molar-refractivity contribution in [2.24, 2.45) is 0 Å². The van der Waals surface area contributed by atoms with E-state index in [2.05, 4.69) is 10.1 Å². The van der Waals surface area contributed by atoms with Crippen LogP contribution in [0.2, 0.25) is 0 Å². The van der Waals surface area contributed by atoms with Crippen LogP contribution in [0.3, 0.4) is 0 Å². The Balaban J connectivity index is 1.81. The van der Waals surface area contributed by atoms with E-state index >= 15 is 0 Å². The molecule has 3 rings (SSSR count). The van der Waals surface area contributed by atoms with Crippen molar-refractivity contribution >= 4 is 12.6 Å². The average molecular weight is 339 g/mol. The van der Waals surface area contributed by atoms with Gasteiger partial charge in [0.25, 0.3) is 0 Å². The van der Waals surface area contributed by atoms with E-state index in [1.807, 2.05) is 32.8 Å². The molecular formula is C15H17BF3N3O2. The molecule has 24 heavy (non-hydrogen) atoms. The van der Waals surface area contributed by atoms with Crippen LogP contribution >= 0.6 is 0 Å². The summed E-state index contributed by atoms with van der Waals surface area (Å²) in [5.74, 6) is 0. The summed E-state index contributed by atoms with van der Waals surface area (Å²) in [6, 6.07) is 4.24. The van der Waals surface area contributed by atoms with Crippen molar-refractivity contribution in [3.05, 3.63) is 30.1 Å². The molecule has 0 saturated carbocycles. The van der Waals surface area contributed by atoms with Gasteiger partial charge in [-0.05, 0) is 39.8 Å². The minimum atomic E-state index is -4.46. The van der Waals surface area contributed by atoms with Crippen molar-refractivity contribution in [2.45, 2.75) is 45.1 Å². The highest BCUT2D eigenvalue weighted by atomic mass is 19.4. The third-order valence-corrected chi connectivity index (χ3v) is 4.46. The summed E-state index contributed by atoms with van der Waals surface area (Å²) in [7, 11) is -0.568. The predicted octanol–water partition coefficient (Wildman–Crippen LogP) is 2.79. The minimum Gasteiger partial charge on any atom is -0.399 e. The molecule has 0 aromatic carbocycles. The number of nitrogens with one attached hydrogen (secondary N) is 1. The number of halogens is 3. The smallest absolute Gasteiger partial charge is 0.399 e. The molecule has 0 atom stereocenters. The fourth-order valence-corrected chi connectivity index (χ4v) is 2.27. The molecule has 0 radical (unpaired) electrons. The van der Waals surface area contributed by atoms with E-state index < -0.39 is 30.2 Å². The third kappa shape index (κ3) is 2.93. The Morgan fingerprint density at radius 3 is 2.12 bits per heavy atom. The number of aromatic nitrogens is 3. The average Bonchev–Trinajstić information content (AvgIpc) is 3.02. The van der Waals surface area contributed by atoms with Crippen LogP contribution in [0.4, 0.5) is 13.2 Å². The van der Waals surface area contributed by atoms with E-state index in [0.717, 1.165) is 6.07 Å².